The number of hydrogen-bond acceptors (Lipinski definition) is 3. The molecule has 0 rings (SSSR count). The Bertz CT molecular complexity index is 88.5. The predicted molar refractivity (Wildman–Crippen MR) is 48.9 cm³/mol. The van der Waals surface area contributed by atoms with Crippen LogP contribution in [-0.4, -0.2) is 29.1 Å². The van der Waals surface area contributed by atoms with Gasteiger partial charge in [0.05, 0.1) is 0 Å². The highest BCUT2D eigenvalue weighted by molar-refractivity contribution is 6.56. The average Bonchev–Trinajstić information content (AvgIpc) is 2.03. The van der Waals surface area contributed by atoms with Crippen LogP contribution in [0.25, 0.3) is 0 Å². The summed E-state index contributed by atoms with van der Waals surface area (Å²) in [5.74, 6) is -0.110. The first-order valence-corrected chi connectivity index (χ1v) is 6.22. The van der Waals surface area contributed by atoms with Gasteiger partial charge in [0.1, 0.15) is 0 Å². The molecule has 0 amide bonds. The van der Waals surface area contributed by atoms with Crippen LogP contribution in [0.2, 0.25) is 6.04 Å². The summed E-state index contributed by atoms with van der Waals surface area (Å²) in [4.78, 5) is 0. The number of methoxy groups -OCH3 is 2. The zero-order valence-corrected chi connectivity index (χ0v) is 8.82. The summed E-state index contributed by atoms with van der Waals surface area (Å²) in [7, 11) is 2.01. The van der Waals surface area contributed by atoms with E-state index in [1.54, 1.807) is 14.2 Å². The number of hydrogen-bond donors (Lipinski definition) is 1. The van der Waals surface area contributed by atoms with Crippen molar-refractivity contribution in [2.75, 3.05) is 14.2 Å². The van der Waals surface area contributed by atoms with E-state index in [4.69, 9.17) is 14.9 Å². The highest BCUT2D eigenvalue weighted by atomic mass is 28.3. The minimum absolute atomic E-state index is 0.110. The molecule has 0 aromatic carbocycles. The van der Waals surface area contributed by atoms with Crippen molar-refractivity contribution in [1.29, 1.82) is 0 Å². The Morgan fingerprint density at radius 3 is 2.27 bits per heavy atom. The topological polar surface area (TPSA) is 44.5 Å². The molecular formula is C7H19NO2Si. The lowest BCUT2D eigenvalue weighted by Gasteiger charge is -2.18. The Hall–Kier alpha value is 0.0969. The lowest BCUT2D eigenvalue weighted by atomic mass is 10.4. The van der Waals surface area contributed by atoms with Gasteiger partial charge in [0.25, 0.3) is 0 Å². The molecule has 1 atom stereocenters. The number of rotatable bonds is 6. The maximum absolute atomic E-state index is 5.91. The fraction of sp³-hybridized carbons (Fsp3) is 1.00. The molecule has 11 heavy (non-hydrogen) atoms. The van der Waals surface area contributed by atoms with Crippen molar-refractivity contribution in [3.8, 4) is 0 Å². The van der Waals surface area contributed by atoms with Gasteiger partial charge in [0, 0.05) is 14.2 Å². The Morgan fingerprint density at radius 1 is 1.36 bits per heavy atom. The van der Waals surface area contributed by atoms with Crippen LogP contribution in [0.15, 0.2) is 0 Å². The van der Waals surface area contributed by atoms with E-state index in [1.807, 2.05) is 0 Å². The summed E-state index contributed by atoms with van der Waals surface area (Å²) in [6.07, 6.45) is 2.39. The van der Waals surface area contributed by atoms with E-state index < -0.39 is 8.96 Å². The van der Waals surface area contributed by atoms with Gasteiger partial charge < -0.3 is 14.9 Å². The molecule has 1 unspecified atom stereocenters. The first-order chi connectivity index (χ1) is 5.26. The van der Waals surface area contributed by atoms with Crippen LogP contribution in [0.1, 0.15) is 19.8 Å². The van der Waals surface area contributed by atoms with Crippen molar-refractivity contribution < 1.29 is 9.47 Å². The molecule has 68 valence electrons. The molecule has 2 N–H and O–H groups in total. The van der Waals surface area contributed by atoms with Crippen LogP contribution < -0.4 is 5.40 Å². The minimum Gasteiger partial charge on any atom is -0.358 e. The van der Waals surface area contributed by atoms with Gasteiger partial charge in [0.2, 0.25) is 0 Å². The van der Waals surface area contributed by atoms with E-state index in [1.165, 1.54) is 12.8 Å². The normalized spacial score (nSPS) is 13.9. The summed E-state index contributed by atoms with van der Waals surface area (Å²) in [6.45, 7) is 2.16. The van der Waals surface area contributed by atoms with E-state index in [2.05, 4.69) is 6.92 Å². The van der Waals surface area contributed by atoms with Gasteiger partial charge in [-0.25, -0.2) is 0 Å². The molecule has 0 saturated carbocycles. The molecule has 0 spiro atoms. The molecule has 0 saturated heterocycles. The quantitative estimate of drug-likeness (QED) is 0.478. The number of nitrogens with two attached hydrogens (primary N) is 1. The molecule has 0 aliphatic carbocycles. The van der Waals surface area contributed by atoms with Crippen molar-refractivity contribution in [3.63, 3.8) is 0 Å². The number of ether oxygens (including phenoxy) is 2. The van der Waals surface area contributed by atoms with E-state index in [9.17, 15) is 0 Å². The van der Waals surface area contributed by atoms with Crippen LogP contribution in [0, 0.1) is 0 Å². The molecule has 0 aliphatic rings. The summed E-state index contributed by atoms with van der Waals surface area (Å²) in [6, 6.07) is 1.10. The third-order valence-electron chi connectivity index (χ3n) is 1.71. The van der Waals surface area contributed by atoms with Crippen molar-refractivity contribution in [2.24, 2.45) is 5.40 Å². The Kier molecular flexibility index (Phi) is 6.85. The number of unbranched alkanes of at least 4 members (excludes halogenated alkanes) is 1. The van der Waals surface area contributed by atoms with E-state index in [0.717, 1.165) is 6.04 Å². The third-order valence-corrected chi connectivity index (χ3v) is 4.02. The van der Waals surface area contributed by atoms with Gasteiger partial charge in [-0.1, -0.05) is 19.8 Å². The second-order valence-electron chi connectivity index (χ2n) is 2.65. The van der Waals surface area contributed by atoms with Gasteiger partial charge in [-0.3, -0.25) is 0 Å². The monoisotopic (exact) mass is 177 g/mol. The highest BCUT2D eigenvalue weighted by Crippen LogP contribution is 2.03. The lowest BCUT2D eigenvalue weighted by molar-refractivity contribution is -0.0475. The van der Waals surface area contributed by atoms with Gasteiger partial charge in [-0.15, -0.1) is 0 Å². The molecule has 0 aliphatic heterocycles. The van der Waals surface area contributed by atoms with E-state index in [0.29, 0.717) is 0 Å². The smallest absolute Gasteiger partial charge is 0.172 e. The van der Waals surface area contributed by atoms with Gasteiger partial charge in [-0.2, -0.15) is 0 Å². The van der Waals surface area contributed by atoms with Crippen molar-refractivity contribution in [3.05, 3.63) is 0 Å². The Balaban J connectivity index is 3.51. The fourth-order valence-electron chi connectivity index (χ4n) is 1.02. The maximum atomic E-state index is 5.91. The highest BCUT2D eigenvalue weighted by Gasteiger charge is 2.17. The summed E-state index contributed by atoms with van der Waals surface area (Å²) in [5.41, 5.74) is 0. The minimum atomic E-state index is -1.28. The molecule has 0 aromatic heterocycles. The van der Waals surface area contributed by atoms with E-state index in [-0.39, 0.29) is 5.91 Å². The SMILES string of the molecule is CCCC[SiH](N)C(OC)OC. The molecule has 0 aromatic rings. The van der Waals surface area contributed by atoms with E-state index >= 15 is 0 Å². The summed E-state index contributed by atoms with van der Waals surface area (Å²) >= 11 is 0. The molecular weight excluding hydrogens is 158 g/mol. The van der Waals surface area contributed by atoms with Gasteiger partial charge in [0.15, 0.2) is 14.9 Å². The van der Waals surface area contributed by atoms with Crippen molar-refractivity contribution >= 4 is 8.96 Å². The second-order valence-corrected chi connectivity index (χ2v) is 5.10. The van der Waals surface area contributed by atoms with Crippen LogP contribution in [0.4, 0.5) is 0 Å². The fourth-order valence-corrected chi connectivity index (χ4v) is 2.87. The Morgan fingerprint density at radius 2 is 1.91 bits per heavy atom. The molecule has 3 nitrogen and oxygen atoms in total. The van der Waals surface area contributed by atoms with Gasteiger partial charge in [-0.05, 0) is 6.04 Å². The van der Waals surface area contributed by atoms with Crippen molar-refractivity contribution in [1.82, 2.24) is 0 Å². The zero-order chi connectivity index (χ0) is 8.69. The van der Waals surface area contributed by atoms with Crippen LogP contribution in [-0.2, 0) is 9.47 Å². The largest absolute Gasteiger partial charge is 0.358 e. The molecule has 0 radical (unpaired) electrons. The zero-order valence-electron chi connectivity index (χ0n) is 7.67. The third kappa shape index (κ3) is 4.52. The standard InChI is InChI=1S/C7H19NO2Si/c1-4-5-6-11(8)7(9-2)10-3/h7,11H,4-6,8H2,1-3H3. The van der Waals surface area contributed by atoms with Crippen LogP contribution in [0.3, 0.4) is 0 Å². The average molecular weight is 177 g/mol. The van der Waals surface area contributed by atoms with Crippen LogP contribution in [0.5, 0.6) is 0 Å². The first-order valence-electron chi connectivity index (χ1n) is 4.07. The first kappa shape index (κ1) is 11.1. The second kappa shape index (κ2) is 6.79. The van der Waals surface area contributed by atoms with Crippen LogP contribution >= 0.6 is 0 Å². The molecule has 4 heteroatoms. The summed E-state index contributed by atoms with van der Waals surface area (Å²) < 4.78 is 10.1. The maximum Gasteiger partial charge on any atom is 0.172 e. The molecule has 0 bridgehead atoms. The Labute approximate surface area is 70.6 Å². The lowest BCUT2D eigenvalue weighted by Crippen LogP contribution is -2.42. The summed E-state index contributed by atoms with van der Waals surface area (Å²) in [5, 5.41) is 5.91. The molecule has 0 heterocycles. The van der Waals surface area contributed by atoms with Crippen molar-refractivity contribution in [2.45, 2.75) is 31.7 Å². The predicted octanol–water partition coefficient (Wildman–Crippen LogP) is 0.627. The molecule has 0 fully saturated rings. The van der Waals surface area contributed by atoms with Gasteiger partial charge >= 0.3 is 0 Å².